The molecule has 12 nitrogen and oxygen atoms in total. The summed E-state index contributed by atoms with van der Waals surface area (Å²) in [5.41, 5.74) is 0.259. The number of carbonyl (C=O) groups excluding carboxylic acids is 4. The van der Waals surface area contributed by atoms with Crippen LogP contribution in [0.15, 0.2) is 18.7 Å². The van der Waals surface area contributed by atoms with E-state index in [1.165, 1.54) is 28.5 Å². The Bertz CT molecular complexity index is 884. The first kappa shape index (κ1) is 23.4. The maximum absolute atomic E-state index is 13.1. The third-order valence-corrected chi connectivity index (χ3v) is 6.05. The number of carboxylic acids is 1. The molecule has 2 saturated heterocycles. The molecule has 0 saturated carbocycles. The van der Waals surface area contributed by atoms with Crippen LogP contribution in [0.1, 0.15) is 23.2 Å². The smallest absolute Gasteiger partial charge is 0.313 e. The molecule has 4 amide bonds. The Morgan fingerprint density at radius 2 is 1.94 bits per heavy atom. The second-order valence-corrected chi connectivity index (χ2v) is 8.35. The fourth-order valence-electron chi connectivity index (χ4n) is 3.57. The Morgan fingerprint density at radius 1 is 1.19 bits per heavy atom. The molecule has 3 N–H and O–H groups in total. The lowest BCUT2D eigenvalue weighted by atomic mass is 10.0. The molecule has 172 valence electrons. The highest BCUT2D eigenvalue weighted by Crippen LogP contribution is 2.16. The van der Waals surface area contributed by atoms with Crippen molar-refractivity contribution >= 4 is 41.4 Å². The maximum Gasteiger partial charge on any atom is 0.313 e. The number of hydrogen-bond donors (Lipinski definition) is 3. The van der Waals surface area contributed by atoms with E-state index >= 15 is 0 Å². The summed E-state index contributed by atoms with van der Waals surface area (Å²) in [6.45, 7) is 0.766. The molecule has 2 fully saturated rings. The average Bonchev–Trinajstić information content (AvgIpc) is 2.80. The van der Waals surface area contributed by atoms with Crippen molar-refractivity contribution in [2.24, 2.45) is 0 Å². The lowest BCUT2D eigenvalue weighted by molar-refractivity contribution is -0.142. The van der Waals surface area contributed by atoms with Crippen molar-refractivity contribution in [1.82, 2.24) is 30.4 Å². The van der Waals surface area contributed by atoms with E-state index in [1.54, 1.807) is 0 Å². The number of hydrogen-bond acceptors (Lipinski definition) is 8. The number of carboxylic acid groups (broad SMARTS) is 1. The first-order valence-corrected chi connectivity index (χ1v) is 11.2. The van der Waals surface area contributed by atoms with E-state index < -0.39 is 29.9 Å². The zero-order valence-electron chi connectivity index (χ0n) is 17.2. The second kappa shape index (κ2) is 10.9. The highest BCUT2D eigenvalue weighted by atomic mass is 32.2. The minimum Gasteiger partial charge on any atom is -0.481 e. The quantitative estimate of drug-likeness (QED) is 0.429. The van der Waals surface area contributed by atoms with Crippen LogP contribution < -0.4 is 10.6 Å². The lowest BCUT2D eigenvalue weighted by Gasteiger charge is -2.41. The van der Waals surface area contributed by atoms with E-state index in [4.69, 9.17) is 5.11 Å². The molecular formula is C19H24N6O6S. The van der Waals surface area contributed by atoms with Crippen molar-refractivity contribution < 1.29 is 29.1 Å². The van der Waals surface area contributed by atoms with Gasteiger partial charge in [-0.15, -0.1) is 11.8 Å². The molecular weight excluding hydrogens is 440 g/mol. The fourth-order valence-corrected chi connectivity index (χ4v) is 4.19. The molecule has 1 aromatic heterocycles. The van der Waals surface area contributed by atoms with Gasteiger partial charge in [0.05, 0.1) is 23.6 Å². The highest BCUT2D eigenvalue weighted by molar-refractivity contribution is 8.00. The minimum atomic E-state index is -1.04. The van der Waals surface area contributed by atoms with Crippen LogP contribution in [0.25, 0.3) is 0 Å². The van der Waals surface area contributed by atoms with Crippen LogP contribution in [0.4, 0.5) is 0 Å². The standard InChI is InChI=1S/C19H24N6O6S/c26-15(9-32-10-16(27)28)25-5-4-24(19(31)12-6-20-11-21-7-12)8-14(25)18(30)23-13-2-1-3-22-17(13)29/h6-7,11,13-14H,1-5,8-10H2,(H,22,29)(H,23,30)(H,27,28)/t13-,14-/m0/s1. The van der Waals surface area contributed by atoms with Crippen molar-refractivity contribution in [2.45, 2.75) is 24.9 Å². The van der Waals surface area contributed by atoms with Crippen molar-refractivity contribution in [3.8, 4) is 0 Å². The molecule has 0 spiro atoms. The summed E-state index contributed by atoms with van der Waals surface area (Å²) in [7, 11) is 0. The van der Waals surface area contributed by atoms with Crippen LogP contribution >= 0.6 is 11.8 Å². The summed E-state index contributed by atoms with van der Waals surface area (Å²) in [6.07, 6.45) is 5.24. The van der Waals surface area contributed by atoms with Crippen LogP contribution in [-0.4, -0.2) is 104 Å². The normalized spacial score (nSPS) is 20.9. The predicted molar refractivity (Wildman–Crippen MR) is 113 cm³/mol. The molecule has 0 aromatic carbocycles. The molecule has 13 heteroatoms. The number of carbonyl (C=O) groups is 5. The van der Waals surface area contributed by atoms with Crippen molar-refractivity contribution in [3.63, 3.8) is 0 Å². The van der Waals surface area contributed by atoms with Crippen molar-refractivity contribution in [3.05, 3.63) is 24.3 Å². The summed E-state index contributed by atoms with van der Waals surface area (Å²) in [5.74, 6) is -2.99. The molecule has 3 heterocycles. The Labute approximate surface area is 188 Å². The van der Waals surface area contributed by atoms with E-state index in [2.05, 4.69) is 20.6 Å². The van der Waals surface area contributed by atoms with Crippen LogP contribution in [0.2, 0.25) is 0 Å². The van der Waals surface area contributed by atoms with Gasteiger partial charge < -0.3 is 25.5 Å². The summed E-state index contributed by atoms with van der Waals surface area (Å²) in [5, 5.41) is 14.2. The van der Waals surface area contributed by atoms with Crippen LogP contribution in [-0.2, 0) is 19.2 Å². The minimum absolute atomic E-state index is 0.0662. The zero-order valence-corrected chi connectivity index (χ0v) is 18.0. The number of rotatable bonds is 7. The van der Waals surface area contributed by atoms with Gasteiger partial charge in [0.1, 0.15) is 18.4 Å². The summed E-state index contributed by atoms with van der Waals surface area (Å²) in [6, 6.07) is -1.71. The van der Waals surface area contributed by atoms with Crippen molar-refractivity contribution in [2.75, 3.05) is 37.7 Å². The van der Waals surface area contributed by atoms with Gasteiger partial charge in [0.15, 0.2) is 0 Å². The zero-order chi connectivity index (χ0) is 23.1. The van der Waals surface area contributed by atoms with E-state index in [0.29, 0.717) is 19.4 Å². The van der Waals surface area contributed by atoms with Gasteiger partial charge in [-0.3, -0.25) is 24.0 Å². The van der Waals surface area contributed by atoms with Crippen LogP contribution in [0.5, 0.6) is 0 Å². The number of aliphatic carboxylic acids is 1. The number of piperazine rings is 1. The highest BCUT2D eigenvalue weighted by Gasteiger charge is 2.38. The number of amides is 4. The summed E-state index contributed by atoms with van der Waals surface area (Å²) < 4.78 is 0. The van der Waals surface area contributed by atoms with Gasteiger partial charge in [0.2, 0.25) is 17.7 Å². The number of nitrogens with one attached hydrogen (secondary N) is 2. The summed E-state index contributed by atoms with van der Waals surface area (Å²) in [4.78, 5) is 71.8. The topological polar surface area (TPSA) is 162 Å². The third-order valence-electron chi connectivity index (χ3n) is 5.15. The molecule has 0 unspecified atom stereocenters. The van der Waals surface area contributed by atoms with E-state index in [1.807, 2.05) is 0 Å². The van der Waals surface area contributed by atoms with Crippen LogP contribution in [0.3, 0.4) is 0 Å². The van der Waals surface area contributed by atoms with Gasteiger partial charge in [-0.1, -0.05) is 0 Å². The van der Waals surface area contributed by atoms with Gasteiger partial charge in [-0.05, 0) is 12.8 Å². The molecule has 0 bridgehead atoms. The lowest BCUT2D eigenvalue weighted by Crippen LogP contribution is -2.64. The first-order valence-electron chi connectivity index (χ1n) is 10.1. The molecule has 2 aliphatic heterocycles. The van der Waals surface area contributed by atoms with E-state index in [9.17, 15) is 24.0 Å². The van der Waals surface area contributed by atoms with Gasteiger partial charge >= 0.3 is 5.97 Å². The fraction of sp³-hybridized carbons (Fsp3) is 0.526. The van der Waals surface area contributed by atoms with Gasteiger partial charge in [-0.2, -0.15) is 0 Å². The average molecular weight is 465 g/mol. The maximum atomic E-state index is 13.1. The second-order valence-electron chi connectivity index (χ2n) is 7.36. The Morgan fingerprint density at radius 3 is 2.62 bits per heavy atom. The molecule has 32 heavy (non-hydrogen) atoms. The molecule has 0 radical (unpaired) electrons. The monoisotopic (exact) mass is 464 g/mol. The van der Waals surface area contributed by atoms with E-state index in [-0.39, 0.29) is 48.5 Å². The number of piperidine rings is 1. The largest absolute Gasteiger partial charge is 0.481 e. The molecule has 2 aliphatic rings. The SMILES string of the molecule is O=C(O)CSCC(=O)N1CCN(C(=O)c2cncnc2)C[C@H]1C(=O)N[C@H]1CCCNC1=O. The first-order chi connectivity index (χ1) is 15.4. The molecule has 3 rings (SSSR count). The third kappa shape index (κ3) is 5.93. The Hall–Kier alpha value is -3.22. The summed E-state index contributed by atoms with van der Waals surface area (Å²) >= 11 is 0.933. The van der Waals surface area contributed by atoms with Gasteiger partial charge in [0, 0.05) is 32.0 Å². The Kier molecular flexibility index (Phi) is 7.98. The van der Waals surface area contributed by atoms with Gasteiger partial charge in [0.25, 0.3) is 5.91 Å². The number of thioether (sulfide) groups is 1. The number of nitrogens with zero attached hydrogens (tertiary/aromatic N) is 4. The predicted octanol–water partition coefficient (Wildman–Crippen LogP) is -1.66. The van der Waals surface area contributed by atoms with Gasteiger partial charge in [-0.25, -0.2) is 9.97 Å². The number of aromatic nitrogens is 2. The molecule has 2 atom stereocenters. The van der Waals surface area contributed by atoms with E-state index in [0.717, 1.165) is 11.8 Å². The molecule has 0 aliphatic carbocycles. The van der Waals surface area contributed by atoms with Crippen molar-refractivity contribution in [1.29, 1.82) is 0 Å². The molecule has 1 aromatic rings. The Balaban J connectivity index is 1.73. The van der Waals surface area contributed by atoms with Crippen LogP contribution in [0, 0.1) is 0 Å².